The molecule has 2 fully saturated rings. The van der Waals surface area contributed by atoms with Crippen LogP contribution in [0.25, 0.3) is 0 Å². The first-order valence-electron chi connectivity index (χ1n) is 27.4. The molecule has 4 rings (SSSR count). The highest BCUT2D eigenvalue weighted by atomic mass is 16.7. The minimum atomic E-state index is -1.91. The predicted molar refractivity (Wildman–Crippen MR) is 296 cm³/mol. The first-order chi connectivity index (χ1) is 37.6. The van der Waals surface area contributed by atoms with Crippen molar-refractivity contribution in [2.75, 3.05) is 19.4 Å². The van der Waals surface area contributed by atoms with Crippen LogP contribution in [0.4, 0.5) is 10.5 Å². The number of ether oxygens (including phenoxy) is 4. The smallest absolute Gasteiger partial charge is 0.314 e. The van der Waals surface area contributed by atoms with Gasteiger partial charge in [-0.3, -0.25) is 19.2 Å². The molecule has 20 nitrogen and oxygen atoms in total. The molecular formula is C59H86N4O16. The van der Waals surface area contributed by atoms with Crippen molar-refractivity contribution in [2.24, 2.45) is 23.5 Å². The van der Waals surface area contributed by atoms with Crippen LogP contribution in [0.5, 0.6) is 0 Å². The van der Waals surface area contributed by atoms with E-state index in [9.17, 15) is 59.7 Å². The van der Waals surface area contributed by atoms with Crippen molar-refractivity contribution >= 4 is 35.0 Å². The molecular weight excluding hydrogens is 1020 g/mol. The SMILES string of the molecule is CNC(=O)NC1C(O)CC2(O)CCCC(O)CCCC(=O)CC(O)CC(=O)CC(=O)OC(C(C)CC(C)C(O)CC(=O)c3ccc(N)cc3)C(C)/C=C/C=C/C=C/C=C/C=C/C=C/C=C/C(OC3OCC(O)[C@H](N)[C@@H]3O)CC1O2. The number of carbonyl (C=O) groups is 5. The lowest BCUT2D eigenvalue weighted by molar-refractivity contribution is -0.293. The van der Waals surface area contributed by atoms with E-state index >= 15 is 0 Å². The molecule has 0 spiro atoms. The number of benzene rings is 1. The number of hydrogen-bond acceptors (Lipinski definition) is 18. The predicted octanol–water partition coefficient (Wildman–Crippen LogP) is 4.01. The molecule has 2 bridgehead atoms. The maximum Gasteiger partial charge on any atom is 0.314 e. The zero-order chi connectivity index (χ0) is 58.1. The van der Waals surface area contributed by atoms with Gasteiger partial charge < -0.3 is 76.8 Å². The Morgan fingerprint density at radius 2 is 1.42 bits per heavy atom. The molecule has 0 saturated carbocycles. The van der Waals surface area contributed by atoms with E-state index in [1.165, 1.54) is 7.05 Å². The van der Waals surface area contributed by atoms with E-state index in [0.29, 0.717) is 17.7 Å². The lowest BCUT2D eigenvalue weighted by Gasteiger charge is -2.46. The zero-order valence-electron chi connectivity index (χ0n) is 45.9. The number of allylic oxidation sites excluding steroid dienone is 12. The highest BCUT2D eigenvalue weighted by Crippen LogP contribution is 2.35. The van der Waals surface area contributed by atoms with Crippen molar-refractivity contribution in [3.8, 4) is 0 Å². The first kappa shape index (κ1) is 66.0. The number of fused-ring (bicyclic) bond motifs is 2. The van der Waals surface area contributed by atoms with Gasteiger partial charge in [0.2, 0.25) is 0 Å². The fourth-order valence-electron chi connectivity index (χ4n) is 9.78. The number of rotatable bonds is 10. The number of hydrogen-bond donors (Lipinski definition) is 11. The Bertz CT molecular complexity index is 2300. The number of ketones is 3. The second-order valence-electron chi connectivity index (χ2n) is 21.1. The topological polar surface area (TPSA) is 340 Å². The van der Waals surface area contributed by atoms with Crippen LogP contribution in [-0.4, -0.2) is 158 Å². The second kappa shape index (κ2) is 33.9. The molecule has 20 heteroatoms. The third-order valence-corrected chi connectivity index (χ3v) is 14.3. The Balaban J connectivity index is 1.52. The van der Waals surface area contributed by atoms with E-state index in [4.69, 9.17) is 30.4 Å². The molecule has 2 amide bonds. The fraction of sp³-hybridized carbons (Fsp3) is 0.576. The number of aliphatic hydroxyl groups is 7. The van der Waals surface area contributed by atoms with E-state index in [0.717, 1.165) is 0 Å². The molecule has 0 radical (unpaired) electrons. The third kappa shape index (κ3) is 23.6. The normalized spacial score (nSPS) is 35.0. The molecule has 3 heterocycles. The number of anilines is 1. The van der Waals surface area contributed by atoms with Gasteiger partial charge in [0.1, 0.15) is 30.2 Å². The largest absolute Gasteiger partial charge is 0.461 e. The maximum atomic E-state index is 13.3. The second-order valence-corrected chi connectivity index (χ2v) is 21.1. The molecule has 438 valence electrons. The number of aliphatic hydroxyl groups excluding tert-OH is 6. The molecule has 1 aromatic rings. The van der Waals surface area contributed by atoms with Crippen LogP contribution < -0.4 is 22.1 Å². The monoisotopic (exact) mass is 1110 g/mol. The number of nitrogens with two attached hydrogens (primary N) is 2. The zero-order valence-corrected chi connectivity index (χ0v) is 45.9. The summed E-state index contributed by atoms with van der Waals surface area (Å²) in [4.78, 5) is 64.8. The lowest BCUT2D eigenvalue weighted by Crippen LogP contribution is -2.62. The number of carbonyl (C=O) groups excluding carboxylic acids is 5. The number of urea groups is 1. The van der Waals surface area contributed by atoms with E-state index in [-0.39, 0.29) is 100 Å². The Kier molecular flexibility index (Phi) is 28.4. The summed E-state index contributed by atoms with van der Waals surface area (Å²) in [6.45, 7) is 5.33. The molecule has 0 aromatic heterocycles. The fourth-order valence-corrected chi connectivity index (χ4v) is 9.78. The van der Waals surface area contributed by atoms with Gasteiger partial charge in [-0.25, -0.2) is 4.79 Å². The van der Waals surface area contributed by atoms with Crippen LogP contribution in [0.1, 0.15) is 115 Å². The average Bonchev–Trinajstić information content (AvgIpc) is 3.40. The summed E-state index contributed by atoms with van der Waals surface area (Å²) in [5.74, 6) is -5.00. The van der Waals surface area contributed by atoms with Gasteiger partial charge >= 0.3 is 12.0 Å². The summed E-state index contributed by atoms with van der Waals surface area (Å²) in [6.07, 6.45) is 13.1. The van der Waals surface area contributed by atoms with Gasteiger partial charge in [0.05, 0.1) is 61.4 Å². The minimum Gasteiger partial charge on any atom is -0.461 e. The van der Waals surface area contributed by atoms with Crippen LogP contribution in [0.3, 0.4) is 0 Å². The Hall–Kier alpha value is -5.49. The van der Waals surface area contributed by atoms with Crippen LogP contribution in [0, 0.1) is 17.8 Å². The molecule has 0 aliphatic carbocycles. The number of esters is 1. The average molecular weight is 1110 g/mol. The van der Waals surface area contributed by atoms with Crippen molar-refractivity contribution in [1.29, 1.82) is 0 Å². The summed E-state index contributed by atoms with van der Waals surface area (Å²) < 4.78 is 24.0. The lowest BCUT2D eigenvalue weighted by atomic mass is 9.83. The van der Waals surface area contributed by atoms with Crippen LogP contribution >= 0.6 is 0 Å². The summed E-state index contributed by atoms with van der Waals surface area (Å²) >= 11 is 0. The van der Waals surface area contributed by atoms with Crippen molar-refractivity contribution in [2.45, 2.75) is 183 Å². The quantitative estimate of drug-likeness (QED) is 0.0682. The molecule has 16 atom stereocenters. The highest BCUT2D eigenvalue weighted by molar-refractivity contribution is 5.97. The molecule has 79 heavy (non-hydrogen) atoms. The van der Waals surface area contributed by atoms with Crippen molar-refractivity contribution in [3.63, 3.8) is 0 Å². The Morgan fingerprint density at radius 1 is 0.823 bits per heavy atom. The third-order valence-electron chi connectivity index (χ3n) is 14.3. The number of amides is 2. The van der Waals surface area contributed by atoms with Gasteiger partial charge in [0, 0.05) is 69.2 Å². The maximum absolute atomic E-state index is 13.3. The summed E-state index contributed by atoms with van der Waals surface area (Å²) in [5, 5.41) is 81.9. The van der Waals surface area contributed by atoms with Crippen LogP contribution in [0.15, 0.2) is 109 Å². The van der Waals surface area contributed by atoms with Gasteiger partial charge in [0.25, 0.3) is 0 Å². The summed E-state index contributed by atoms with van der Waals surface area (Å²) in [6, 6.07) is 3.73. The minimum absolute atomic E-state index is 0.000771. The van der Waals surface area contributed by atoms with E-state index in [2.05, 4.69) is 10.6 Å². The Morgan fingerprint density at radius 3 is 2.05 bits per heavy atom. The van der Waals surface area contributed by atoms with Crippen LogP contribution in [0.2, 0.25) is 0 Å². The molecule has 14 unspecified atom stereocenters. The number of cyclic esters (lactones) is 1. The molecule has 1 aromatic carbocycles. The van der Waals surface area contributed by atoms with Gasteiger partial charge in [-0.1, -0.05) is 106 Å². The summed E-state index contributed by atoms with van der Waals surface area (Å²) in [7, 11) is 1.40. The van der Waals surface area contributed by atoms with E-state index in [1.807, 2.05) is 45.1 Å². The van der Waals surface area contributed by atoms with Crippen molar-refractivity contribution < 1.29 is 78.7 Å². The van der Waals surface area contributed by atoms with Crippen LogP contribution in [-0.2, 0) is 33.3 Å². The van der Waals surface area contributed by atoms with Crippen molar-refractivity contribution in [3.05, 3.63) is 115 Å². The number of nitrogen functional groups attached to an aromatic ring is 1. The number of Topliss-reactive ketones (excluding diaryl/α,β-unsaturated/α-hetero) is 3. The Labute approximate surface area is 464 Å². The first-order valence-corrected chi connectivity index (χ1v) is 27.4. The van der Waals surface area contributed by atoms with Gasteiger partial charge in [-0.05, 0) is 68.2 Å². The number of nitrogens with one attached hydrogen (secondary N) is 2. The van der Waals surface area contributed by atoms with Crippen molar-refractivity contribution in [1.82, 2.24) is 10.6 Å². The van der Waals surface area contributed by atoms with E-state index < -0.39 is 110 Å². The van der Waals surface area contributed by atoms with Gasteiger partial charge in [0.15, 0.2) is 17.9 Å². The standard InChI is InChI=1S/C59H86N4O16/c1-37-19-15-13-11-9-7-5-6-8-10-12-14-16-23-46(77-57-55(73)53(61)50(71)36-76-57)33-51-54(63-58(74)62-4)49(70)35-59(75,79-51)28-18-22-42(64)20-17-21-43(65)30-44(66)31-45(67)32-52(72)78-56(37)39(3)29-38(2)47(68)34-48(69)40-24-26-41(60)27-25-40/h5-16,19,23-27,37-39,42,44,46-47,49-51,53-57,64,66,68,70-71,73,75H,17-18,20-22,28-36,60-61H2,1-4H3,(H2,62,63,74)/b6-5+,9-7+,10-8+,13-11+,14-12+,19-15+,23-16+/t37?,38?,39?,42?,44?,46?,47?,49?,50?,51?,53-,54?,55-,56?,57?,59?/m0/s1. The van der Waals surface area contributed by atoms with E-state index in [1.54, 1.807) is 85.0 Å². The summed E-state index contributed by atoms with van der Waals surface area (Å²) in [5.41, 5.74) is 12.7. The molecule has 3 aliphatic rings. The molecule has 3 aliphatic heterocycles. The highest BCUT2D eigenvalue weighted by Gasteiger charge is 2.47. The van der Waals surface area contributed by atoms with Gasteiger partial charge in [-0.2, -0.15) is 0 Å². The van der Waals surface area contributed by atoms with Gasteiger partial charge in [-0.15, -0.1) is 0 Å². The molecule has 13 N–H and O–H groups in total. The molecule has 2 saturated heterocycles.